The van der Waals surface area contributed by atoms with Gasteiger partial charge < -0.3 is 19.8 Å². The highest BCUT2D eigenvalue weighted by atomic mass is 16.5. The quantitative estimate of drug-likeness (QED) is 0.822. The summed E-state index contributed by atoms with van der Waals surface area (Å²) in [7, 11) is 0. The van der Waals surface area contributed by atoms with Gasteiger partial charge in [0.05, 0.1) is 6.20 Å². The number of carbonyl (C=O) groups excluding carboxylic acids is 1. The third-order valence-electron chi connectivity index (χ3n) is 3.92. The van der Waals surface area contributed by atoms with E-state index in [9.17, 15) is 9.90 Å². The van der Waals surface area contributed by atoms with Crippen LogP contribution in [0.3, 0.4) is 0 Å². The maximum Gasteiger partial charge on any atom is 0.273 e. The molecule has 1 aliphatic heterocycles. The molecule has 0 radical (unpaired) electrons. The molecule has 1 unspecified atom stereocenters. The van der Waals surface area contributed by atoms with Gasteiger partial charge in [-0.25, -0.2) is 4.98 Å². The van der Waals surface area contributed by atoms with Crippen molar-refractivity contribution in [2.24, 2.45) is 0 Å². The van der Waals surface area contributed by atoms with E-state index >= 15 is 0 Å². The number of rotatable bonds is 5. The van der Waals surface area contributed by atoms with Crippen LogP contribution < -0.4 is 10.2 Å². The van der Waals surface area contributed by atoms with E-state index in [1.807, 2.05) is 11.8 Å². The van der Waals surface area contributed by atoms with Crippen molar-refractivity contribution in [1.29, 1.82) is 0 Å². The smallest absolute Gasteiger partial charge is 0.273 e. The SMILES string of the molecule is CCc1cc(C(=O)NCC2(O)CCN(c3cnccn3)C2)no1. The lowest BCUT2D eigenvalue weighted by Crippen LogP contribution is -2.45. The van der Waals surface area contributed by atoms with E-state index in [0.717, 1.165) is 5.82 Å². The van der Waals surface area contributed by atoms with Crippen LogP contribution in [0.25, 0.3) is 0 Å². The average molecular weight is 317 g/mol. The molecule has 2 aromatic rings. The number of nitrogens with zero attached hydrogens (tertiary/aromatic N) is 4. The summed E-state index contributed by atoms with van der Waals surface area (Å²) in [6.45, 7) is 3.13. The Morgan fingerprint density at radius 3 is 3.09 bits per heavy atom. The maximum absolute atomic E-state index is 12.0. The molecule has 1 amide bonds. The van der Waals surface area contributed by atoms with Gasteiger partial charge in [0.1, 0.15) is 17.2 Å². The van der Waals surface area contributed by atoms with Crippen LogP contribution in [0.4, 0.5) is 5.82 Å². The van der Waals surface area contributed by atoms with E-state index in [0.29, 0.717) is 31.7 Å². The summed E-state index contributed by atoms with van der Waals surface area (Å²) in [6.07, 6.45) is 6.10. The first-order chi connectivity index (χ1) is 11.1. The molecule has 1 saturated heterocycles. The largest absolute Gasteiger partial charge is 0.386 e. The molecule has 1 atom stereocenters. The predicted molar refractivity (Wildman–Crippen MR) is 82.0 cm³/mol. The minimum absolute atomic E-state index is 0.150. The second kappa shape index (κ2) is 6.33. The number of aromatic nitrogens is 3. The van der Waals surface area contributed by atoms with Gasteiger partial charge in [-0.15, -0.1) is 0 Å². The van der Waals surface area contributed by atoms with E-state index in [2.05, 4.69) is 20.4 Å². The van der Waals surface area contributed by atoms with Crippen molar-refractivity contribution in [3.63, 3.8) is 0 Å². The molecule has 0 aromatic carbocycles. The highest BCUT2D eigenvalue weighted by Gasteiger charge is 2.37. The van der Waals surface area contributed by atoms with Gasteiger partial charge in [0.25, 0.3) is 5.91 Å². The summed E-state index contributed by atoms with van der Waals surface area (Å²) in [5.74, 6) is 1.03. The van der Waals surface area contributed by atoms with Crippen LogP contribution in [-0.4, -0.2) is 51.4 Å². The molecule has 8 nitrogen and oxygen atoms in total. The van der Waals surface area contributed by atoms with Crippen molar-refractivity contribution in [1.82, 2.24) is 20.4 Å². The lowest BCUT2D eigenvalue weighted by molar-refractivity contribution is 0.0572. The third kappa shape index (κ3) is 3.48. The number of β-amino-alcohol motifs (C(OH)–C–C–N with tert-alkyl or cyclic N) is 1. The second-order valence-electron chi connectivity index (χ2n) is 5.67. The van der Waals surface area contributed by atoms with E-state index < -0.39 is 5.60 Å². The van der Waals surface area contributed by atoms with E-state index in [-0.39, 0.29) is 18.1 Å². The van der Waals surface area contributed by atoms with Gasteiger partial charge in [-0.1, -0.05) is 12.1 Å². The van der Waals surface area contributed by atoms with Crippen LogP contribution in [0.15, 0.2) is 29.2 Å². The summed E-state index contributed by atoms with van der Waals surface area (Å²) in [5.41, 5.74) is -0.765. The number of amides is 1. The Labute approximate surface area is 133 Å². The number of hydrogen-bond acceptors (Lipinski definition) is 7. The van der Waals surface area contributed by atoms with Crippen LogP contribution in [0.5, 0.6) is 0 Å². The molecular formula is C15H19N5O3. The summed E-state index contributed by atoms with van der Waals surface area (Å²) >= 11 is 0. The van der Waals surface area contributed by atoms with Crippen LogP contribution in [0, 0.1) is 0 Å². The third-order valence-corrected chi connectivity index (χ3v) is 3.92. The van der Waals surface area contributed by atoms with Gasteiger partial charge in [-0.05, 0) is 6.42 Å². The van der Waals surface area contributed by atoms with E-state index in [4.69, 9.17) is 4.52 Å². The fourth-order valence-corrected chi connectivity index (χ4v) is 2.57. The zero-order valence-corrected chi connectivity index (χ0v) is 12.9. The summed E-state index contributed by atoms with van der Waals surface area (Å²) < 4.78 is 5.01. The Balaban J connectivity index is 1.56. The van der Waals surface area contributed by atoms with E-state index in [1.54, 1.807) is 24.7 Å². The molecule has 2 N–H and O–H groups in total. The molecule has 1 aliphatic rings. The molecule has 0 saturated carbocycles. The normalized spacial score (nSPS) is 20.7. The Hall–Kier alpha value is -2.48. The first-order valence-electron chi connectivity index (χ1n) is 7.57. The number of aryl methyl sites for hydroxylation is 1. The monoisotopic (exact) mass is 317 g/mol. The van der Waals surface area contributed by atoms with Crippen molar-refractivity contribution >= 4 is 11.7 Å². The van der Waals surface area contributed by atoms with Gasteiger partial charge in [-0.3, -0.25) is 9.78 Å². The van der Waals surface area contributed by atoms with Gasteiger partial charge in [-0.2, -0.15) is 0 Å². The highest BCUT2D eigenvalue weighted by Crippen LogP contribution is 2.24. The van der Waals surface area contributed by atoms with Gasteiger partial charge in [0.2, 0.25) is 0 Å². The van der Waals surface area contributed by atoms with Crippen LogP contribution >= 0.6 is 0 Å². The molecule has 0 bridgehead atoms. The predicted octanol–water partition coefficient (Wildman–Crippen LogP) is 0.398. The van der Waals surface area contributed by atoms with Crippen LogP contribution in [-0.2, 0) is 6.42 Å². The highest BCUT2D eigenvalue weighted by molar-refractivity contribution is 5.92. The Kier molecular flexibility index (Phi) is 4.24. The number of nitrogens with one attached hydrogen (secondary N) is 1. The van der Waals surface area contributed by atoms with Crippen molar-refractivity contribution in [3.05, 3.63) is 36.1 Å². The second-order valence-corrected chi connectivity index (χ2v) is 5.67. The molecule has 122 valence electrons. The standard InChI is InChI=1S/C15H19N5O3/c1-2-11-7-12(19-23-11)14(21)18-9-15(22)3-6-20(10-15)13-8-16-4-5-17-13/h4-5,7-8,22H,2-3,6,9-10H2,1H3,(H,18,21). The minimum Gasteiger partial charge on any atom is -0.386 e. The Bertz CT molecular complexity index is 675. The summed E-state index contributed by atoms with van der Waals surface area (Å²) in [5, 5.41) is 17.1. The number of anilines is 1. The molecule has 1 fully saturated rings. The minimum atomic E-state index is -0.996. The van der Waals surface area contributed by atoms with Crippen LogP contribution in [0.2, 0.25) is 0 Å². The van der Waals surface area contributed by atoms with Gasteiger partial charge in [0.15, 0.2) is 5.69 Å². The van der Waals surface area contributed by atoms with E-state index in [1.165, 1.54) is 0 Å². The molecule has 0 aliphatic carbocycles. The van der Waals surface area contributed by atoms with Gasteiger partial charge >= 0.3 is 0 Å². The molecule has 23 heavy (non-hydrogen) atoms. The van der Waals surface area contributed by atoms with Crippen LogP contribution in [0.1, 0.15) is 29.6 Å². The fraction of sp³-hybridized carbons (Fsp3) is 0.467. The molecule has 0 spiro atoms. The number of hydrogen-bond donors (Lipinski definition) is 2. The van der Waals surface area contributed by atoms with Crippen molar-refractivity contribution < 1.29 is 14.4 Å². The van der Waals surface area contributed by atoms with Crippen molar-refractivity contribution in [2.75, 3.05) is 24.5 Å². The van der Waals surface area contributed by atoms with Crippen molar-refractivity contribution in [3.8, 4) is 0 Å². The zero-order valence-electron chi connectivity index (χ0n) is 12.9. The molecule has 3 rings (SSSR count). The summed E-state index contributed by atoms with van der Waals surface area (Å²) in [4.78, 5) is 22.2. The fourth-order valence-electron chi connectivity index (χ4n) is 2.57. The molecule has 8 heteroatoms. The first-order valence-corrected chi connectivity index (χ1v) is 7.57. The van der Waals surface area contributed by atoms with Gasteiger partial charge in [0, 0.05) is 44.5 Å². The molecular weight excluding hydrogens is 298 g/mol. The number of aliphatic hydroxyl groups is 1. The Morgan fingerprint density at radius 1 is 1.52 bits per heavy atom. The lowest BCUT2D eigenvalue weighted by atomic mass is 10.0. The Morgan fingerprint density at radius 2 is 2.39 bits per heavy atom. The number of carbonyl (C=O) groups is 1. The summed E-state index contributed by atoms with van der Waals surface area (Å²) in [6, 6.07) is 1.61. The first kappa shape index (κ1) is 15.4. The lowest BCUT2D eigenvalue weighted by Gasteiger charge is -2.23. The molecule has 3 heterocycles. The average Bonchev–Trinajstić information content (AvgIpc) is 3.21. The molecule has 2 aromatic heterocycles. The zero-order chi connectivity index (χ0) is 16.3. The maximum atomic E-state index is 12.0. The van der Waals surface area contributed by atoms with Crippen molar-refractivity contribution in [2.45, 2.75) is 25.4 Å². The topological polar surface area (TPSA) is 104 Å².